The molecule has 5 heteroatoms. The molecular weight excluding hydrogens is 929 g/mol. The van der Waals surface area contributed by atoms with Gasteiger partial charge in [0.25, 0.3) is 0 Å². The summed E-state index contributed by atoms with van der Waals surface area (Å²) in [4.78, 5) is 4.89. The highest BCUT2D eigenvalue weighted by Gasteiger charge is 2.49. The molecule has 14 aromatic rings. The first-order chi connectivity index (χ1) is 37.2. The lowest BCUT2D eigenvalue weighted by atomic mass is 10.0. The molecule has 352 valence electrons. The van der Waals surface area contributed by atoms with E-state index in [-0.39, 0.29) is 0 Å². The van der Waals surface area contributed by atoms with Crippen molar-refractivity contribution in [1.82, 2.24) is 0 Å². The fraction of sp³-hybridized carbons (Fsp3) is 0. The van der Waals surface area contributed by atoms with E-state index in [1.54, 1.807) is 0 Å². The second-order valence-corrected chi connectivity index (χ2v) is 23.3. The zero-order valence-electron chi connectivity index (χ0n) is 40.8. The number of nitrogens with zero attached hydrogens (tertiary/aromatic N) is 2. The molecule has 0 saturated carbocycles. The van der Waals surface area contributed by atoms with Gasteiger partial charge in [-0.15, -0.1) is 0 Å². The highest BCUT2D eigenvalue weighted by Crippen LogP contribution is 2.44. The molecule has 0 N–H and O–H groups in total. The standard InChI is InChI=1S/C70H46N2O2Si/c1-3-15-47(16-4-1)49-29-33-54(34-30-49)71(55-35-31-50(32-36-55)52-28-27-48-17-7-8-18-51(48)43-52)56-37-42-70-64(44-56)72(53-19-5-2-6-20-53)63-23-11-14-26-69(63)75(70,57-38-40-61-59-21-9-12-24-65(59)73-67(61)45-57)58-39-41-62-60-22-10-13-25-66(60)74-68(62)46-58/h1-46H. The summed E-state index contributed by atoms with van der Waals surface area (Å²) in [5, 5.41) is 11.9. The molecule has 0 spiro atoms. The molecule has 0 saturated heterocycles. The second kappa shape index (κ2) is 17.2. The van der Waals surface area contributed by atoms with E-state index in [0.29, 0.717) is 0 Å². The van der Waals surface area contributed by atoms with Crippen LogP contribution in [0.1, 0.15) is 0 Å². The largest absolute Gasteiger partial charge is 0.456 e. The summed E-state index contributed by atoms with van der Waals surface area (Å²) in [6, 6.07) is 102. The molecule has 15 rings (SSSR count). The van der Waals surface area contributed by atoms with Gasteiger partial charge in [-0.25, -0.2) is 0 Å². The van der Waals surface area contributed by atoms with Gasteiger partial charge < -0.3 is 18.6 Å². The molecule has 0 radical (unpaired) electrons. The summed E-state index contributed by atoms with van der Waals surface area (Å²) in [7, 11) is -3.29. The van der Waals surface area contributed by atoms with Crippen LogP contribution in [0.2, 0.25) is 0 Å². The first-order valence-corrected chi connectivity index (χ1v) is 27.6. The predicted octanol–water partition coefficient (Wildman–Crippen LogP) is 16.6. The summed E-state index contributed by atoms with van der Waals surface area (Å²) in [6.07, 6.45) is 0. The molecule has 0 unspecified atom stereocenters. The van der Waals surface area contributed by atoms with Crippen molar-refractivity contribution in [2.45, 2.75) is 0 Å². The van der Waals surface area contributed by atoms with E-state index in [2.05, 4.69) is 277 Å². The maximum absolute atomic E-state index is 6.77. The van der Waals surface area contributed by atoms with E-state index in [9.17, 15) is 0 Å². The summed E-state index contributed by atoms with van der Waals surface area (Å²) in [5.74, 6) is 0. The minimum atomic E-state index is -3.29. The van der Waals surface area contributed by atoms with Crippen molar-refractivity contribution in [2.75, 3.05) is 9.80 Å². The van der Waals surface area contributed by atoms with Crippen molar-refractivity contribution in [1.29, 1.82) is 0 Å². The lowest BCUT2D eigenvalue weighted by molar-refractivity contribution is 0.669. The minimum Gasteiger partial charge on any atom is -0.456 e. The Hall–Kier alpha value is -9.68. The number of benzene rings is 12. The molecule has 3 heterocycles. The third-order valence-corrected chi connectivity index (χ3v) is 20.3. The molecule has 4 nitrogen and oxygen atoms in total. The van der Waals surface area contributed by atoms with Gasteiger partial charge in [0.1, 0.15) is 22.3 Å². The van der Waals surface area contributed by atoms with Crippen LogP contribution in [0.5, 0.6) is 0 Å². The minimum absolute atomic E-state index is 0.879. The number of hydrogen-bond donors (Lipinski definition) is 0. The normalized spacial score (nSPS) is 12.9. The monoisotopic (exact) mass is 974 g/mol. The Kier molecular flexibility index (Phi) is 9.87. The Labute approximate surface area is 435 Å². The number of furan rings is 2. The van der Waals surface area contributed by atoms with Crippen molar-refractivity contribution in [3.63, 3.8) is 0 Å². The molecular formula is C70H46N2O2Si. The summed E-state index contributed by atoms with van der Waals surface area (Å²) in [6.45, 7) is 0. The van der Waals surface area contributed by atoms with Gasteiger partial charge in [-0.1, -0.05) is 194 Å². The van der Waals surface area contributed by atoms with Crippen LogP contribution in [0.4, 0.5) is 34.1 Å². The van der Waals surface area contributed by atoms with E-state index in [1.807, 2.05) is 12.1 Å². The molecule has 0 amide bonds. The van der Waals surface area contributed by atoms with Crippen molar-refractivity contribution >= 4 is 118 Å². The maximum Gasteiger partial charge on any atom is 0.184 e. The highest BCUT2D eigenvalue weighted by atomic mass is 28.3. The molecule has 0 aliphatic carbocycles. The Balaban J connectivity index is 0.988. The number of para-hydroxylation sites is 4. The highest BCUT2D eigenvalue weighted by molar-refractivity contribution is 7.21. The van der Waals surface area contributed by atoms with Crippen LogP contribution < -0.4 is 30.5 Å². The Morgan fingerprint density at radius 1 is 0.293 bits per heavy atom. The first-order valence-electron chi connectivity index (χ1n) is 25.6. The van der Waals surface area contributed by atoms with Gasteiger partial charge in [-0.2, -0.15) is 0 Å². The van der Waals surface area contributed by atoms with E-state index in [0.717, 1.165) is 78.0 Å². The Morgan fingerprint density at radius 3 is 1.43 bits per heavy atom. The fourth-order valence-corrected chi connectivity index (χ4v) is 17.1. The van der Waals surface area contributed by atoms with Gasteiger partial charge in [0.2, 0.25) is 0 Å². The van der Waals surface area contributed by atoms with Gasteiger partial charge in [0, 0.05) is 55.7 Å². The smallest absolute Gasteiger partial charge is 0.184 e. The van der Waals surface area contributed by atoms with Crippen LogP contribution >= 0.6 is 0 Å². The molecule has 1 aliphatic heterocycles. The van der Waals surface area contributed by atoms with Gasteiger partial charge in [0.05, 0.1) is 0 Å². The quantitative estimate of drug-likeness (QED) is 0.142. The van der Waals surface area contributed by atoms with Crippen molar-refractivity contribution in [3.05, 3.63) is 279 Å². The Morgan fingerprint density at radius 2 is 0.773 bits per heavy atom. The van der Waals surface area contributed by atoms with E-state index in [4.69, 9.17) is 8.83 Å². The second-order valence-electron chi connectivity index (χ2n) is 19.6. The molecule has 0 atom stereocenters. The molecule has 2 aromatic heterocycles. The number of fused-ring (bicyclic) bond motifs is 9. The van der Waals surface area contributed by atoms with Crippen molar-refractivity contribution < 1.29 is 8.83 Å². The molecule has 0 bridgehead atoms. The van der Waals surface area contributed by atoms with Crippen molar-refractivity contribution in [2.24, 2.45) is 0 Å². The van der Waals surface area contributed by atoms with E-state index < -0.39 is 8.07 Å². The molecule has 0 fully saturated rings. The lowest BCUT2D eigenvalue weighted by Crippen LogP contribution is -2.77. The summed E-state index contributed by atoms with van der Waals surface area (Å²) < 4.78 is 13.5. The van der Waals surface area contributed by atoms with Crippen LogP contribution in [0, 0.1) is 0 Å². The van der Waals surface area contributed by atoms with Gasteiger partial charge in [-0.3, -0.25) is 0 Å². The average Bonchev–Trinajstić information content (AvgIpc) is 4.05. The SMILES string of the molecule is c1ccc(-c2ccc(N(c3ccc(-c4ccc5ccccc5c4)cc3)c3ccc4c(c3)N(c3ccccc3)c3ccccc3[Si]4(c3ccc4c(c3)oc3ccccc34)c3ccc4c(c3)oc3ccccc34)cc2)cc1. The molecule has 75 heavy (non-hydrogen) atoms. The van der Waals surface area contributed by atoms with Gasteiger partial charge in [-0.05, 0) is 139 Å². The lowest BCUT2D eigenvalue weighted by Gasteiger charge is -2.45. The van der Waals surface area contributed by atoms with E-state index in [1.165, 1.54) is 53.8 Å². The van der Waals surface area contributed by atoms with Gasteiger partial charge in [0.15, 0.2) is 8.07 Å². The fourth-order valence-electron chi connectivity index (χ4n) is 12.0. The average molecular weight is 975 g/mol. The third-order valence-electron chi connectivity index (χ3n) is 15.5. The van der Waals surface area contributed by atoms with Crippen LogP contribution in [0.25, 0.3) is 76.9 Å². The number of anilines is 6. The summed E-state index contributed by atoms with van der Waals surface area (Å²) >= 11 is 0. The predicted molar refractivity (Wildman–Crippen MR) is 316 cm³/mol. The topological polar surface area (TPSA) is 32.8 Å². The summed E-state index contributed by atoms with van der Waals surface area (Å²) in [5.41, 5.74) is 14.8. The first kappa shape index (κ1) is 42.9. The van der Waals surface area contributed by atoms with Gasteiger partial charge >= 0.3 is 0 Å². The van der Waals surface area contributed by atoms with Crippen LogP contribution in [0.15, 0.2) is 288 Å². The van der Waals surface area contributed by atoms with Crippen LogP contribution in [0.3, 0.4) is 0 Å². The Bertz CT molecular complexity index is 4370. The number of hydrogen-bond acceptors (Lipinski definition) is 4. The number of rotatable bonds is 8. The van der Waals surface area contributed by atoms with Crippen LogP contribution in [-0.2, 0) is 0 Å². The van der Waals surface area contributed by atoms with Crippen molar-refractivity contribution in [3.8, 4) is 22.3 Å². The third kappa shape index (κ3) is 6.90. The maximum atomic E-state index is 6.77. The zero-order chi connectivity index (χ0) is 49.5. The van der Waals surface area contributed by atoms with Crippen LogP contribution in [-0.4, -0.2) is 8.07 Å². The molecule has 1 aliphatic rings. The van der Waals surface area contributed by atoms with E-state index >= 15 is 0 Å². The molecule has 12 aromatic carbocycles. The zero-order valence-corrected chi connectivity index (χ0v) is 41.8.